The second kappa shape index (κ2) is 5.46. The molecular weight excluding hydrogens is 232 g/mol. The first-order chi connectivity index (χ1) is 8.65. The first kappa shape index (κ1) is 13.0. The summed E-state index contributed by atoms with van der Waals surface area (Å²) in [4.78, 5) is 16.1. The summed E-state index contributed by atoms with van der Waals surface area (Å²) in [6.07, 6.45) is 4.50. The minimum absolute atomic E-state index is 0.0681. The van der Waals surface area contributed by atoms with E-state index in [1.54, 1.807) is 12.3 Å². The van der Waals surface area contributed by atoms with Gasteiger partial charge in [-0.25, -0.2) is 0 Å². The van der Waals surface area contributed by atoms with Crippen molar-refractivity contribution in [3.63, 3.8) is 0 Å². The highest BCUT2D eigenvalue weighted by Crippen LogP contribution is 2.20. The Balaban J connectivity index is 2.10. The number of nitrogens with zero attached hydrogens (tertiary/aromatic N) is 1. The van der Waals surface area contributed by atoms with E-state index < -0.39 is 5.54 Å². The summed E-state index contributed by atoms with van der Waals surface area (Å²) in [6.45, 7) is 2.95. The minimum Gasteiger partial charge on any atom is -0.394 e. The van der Waals surface area contributed by atoms with Crippen LogP contribution in [0.2, 0.25) is 0 Å². The van der Waals surface area contributed by atoms with Gasteiger partial charge in [0.1, 0.15) is 0 Å². The molecule has 98 valence electrons. The van der Waals surface area contributed by atoms with Gasteiger partial charge < -0.3 is 15.2 Å². The van der Waals surface area contributed by atoms with Crippen LogP contribution in [-0.4, -0.2) is 41.4 Å². The van der Waals surface area contributed by atoms with Crippen LogP contribution in [0.5, 0.6) is 0 Å². The Morgan fingerprint density at radius 3 is 2.83 bits per heavy atom. The van der Waals surface area contributed by atoms with Crippen molar-refractivity contribution in [3.05, 3.63) is 29.6 Å². The third kappa shape index (κ3) is 2.86. The Morgan fingerprint density at radius 2 is 2.22 bits per heavy atom. The SMILES string of the molecule is Cc1cncc(C(=O)NC2(CO)CCOCC2)c1. The predicted octanol–water partition coefficient (Wildman–Crippen LogP) is 0.661. The molecule has 0 atom stereocenters. The summed E-state index contributed by atoms with van der Waals surface area (Å²) in [6, 6.07) is 1.78. The fourth-order valence-electron chi connectivity index (χ4n) is 2.08. The molecule has 2 heterocycles. The monoisotopic (exact) mass is 250 g/mol. The molecule has 0 spiro atoms. The molecule has 1 aromatic heterocycles. The molecule has 5 nitrogen and oxygen atoms in total. The first-order valence-corrected chi connectivity index (χ1v) is 6.08. The number of ether oxygens (including phenoxy) is 1. The van der Waals surface area contributed by atoms with Crippen molar-refractivity contribution in [1.82, 2.24) is 10.3 Å². The van der Waals surface area contributed by atoms with Gasteiger partial charge in [-0.15, -0.1) is 0 Å². The summed E-state index contributed by atoms with van der Waals surface area (Å²) in [5.74, 6) is -0.192. The van der Waals surface area contributed by atoms with Crippen LogP contribution < -0.4 is 5.32 Å². The van der Waals surface area contributed by atoms with E-state index in [1.165, 1.54) is 6.20 Å². The number of hydrogen-bond acceptors (Lipinski definition) is 4. The quantitative estimate of drug-likeness (QED) is 0.826. The Kier molecular flexibility index (Phi) is 3.93. The lowest BCUT2D eigenvalue weighted by molar-refractivity contribution is 0.0125. The van der Waals surface area contributed by atoms with Crippen LogP contribution in [0.25, 0.3) is 0 Å². The summed E-state index contributed by atoms with van der Waals surface area (Å²) in [5.41, 5.74) is 0.904. The second-order valence-corrected chi connectivity index (χ2v) is 4.76. The van der Waals surface area contributed by atoms with Crippen LogP contribution in [0.15, 0.2) is 18.5 Å². The molecule has 1 aliphatic rings. The van der Waals surface area contributed by atoms with Gasteiger partial charge >= 0.3 is 0 Å². The van der Waals surface area contributed by atoms with Crippen LogP contribution in [0.4, 0.5) is 0 Å². The van der Waals surface area contributed by atoms with Gasteiger partial charge in [-0.1, -0.05) is 0 Å². The van der Waals surface area contributed by atoms with Crippen molar-refractivity contribution in [2.24, 2.45) is 0 Å². The lowest BCUT2D eigenvalue weighted by atomic mass is 9.90. The zero-order valence-corrected chi connectivity index (χ0v) is 10.5. The Hall–Kier alpha value is -1.46. The van der Waals surface area contributed by atoms with Gasteiger partial charge in [0.05, 0.1) is 17.7 Å². The Bertz CT molecular complexity index is 428. The number of aryl methyl sites for hydroxylation is 1. The molecule has 18 heavy (non-hydrogen) atoms. The number of carbonyl (C=O) groups is 1. The van der Waals surface area contributed by atoms with Crippen LogP contribution in [0.3, 0.4) is 0 Å². The largest absolute Gasteiger partial charge is 0.394 e. The smallest absolute Gasteiger partial charge is 0.253 e. The van der Waals surface area contributed by atoms with E-state index in [1.807, 2.05) is 6.92 Å². The van der Waals surface area contributed by atoms with Gasteiger partial charge in [-0.05, 0) is 31.4 Å². The maximum atomic E-state index is 12.1. The topological polar surface area (TPSA) is 71.5 Å². The number of carbonyl (C=O) groups excluding carboxylic acids is 1. The van der Waals surface area contributed by atoms with E-state index in [-0.39, 0.29) is 12.5 Å². The molecule has 0 saturated carbocycles. The molecule has 0 radical (unpaired) electrons. The lowest BCUT2D eigenvalue weighted by Gasteiger charge is -2.36. The normalized spacial score (nSPS) is 18.3. The van der Waals surface area contributed by atoms with Gasteiger partial charge in [-0.3, -0.25) is 9.78 Å². The van der Waals surface area contributed by atoms with E-state index in [2.05, 4.69) is 10.3 Å². The zero-order valence-electron chi connectivity index (χ0n) is 10.5. The standard InChI is InChI=1S/C13H18N2O3/c1-10-6-11(8-14-7-10)12(17)15-13(9-16)2-4-18-5-3-13/h6-8,16H,2-5,9H2,1H3,(H,15,17). The van der Waals surface area contributed by atoms with E-state index in [9.17, 15) is 9.90 Å². The number of aromatic nitrogens is 1. The molecule has 2 N–H and O–H groups in total. The highest BCUT2D eigenvalue weighted by atomic mass is 16.5. The summed E-state index contributed by atoms with van der Waals surface area (Å²) >= 11 is 0. The fourth-order valence-corrected chi connectivity index (χ4v) is 2.08. The van der Waals surface area contributed by atoms with E-state index in [0.29, 0.717) is 31.6 Å². The summed E-state index contributed by atoms with van der Waals surface area (Å²) < 4.78 is 5.26. The number of rotatable bonds is 3. The van der Waals surface area contributed by atoms with Crippen LogP contribution in [0, 0.1) is 6.92 Å². The van der Waals surface area contributed by atoms with E-state index >= 15 is 0 Å². The van der Waals surface area contributed by atoms with Crippen LogP contribution >= 0.6 is 0 Å². The zero-order chi connectivity index (χ0) is 13.0. The van der Waals surface area contributed by atoms with Gasteiger partial charge in [0, 0.05) is 25.6 Å². The summed E-state index contributed by atoms with van der Waals surface area (Å²) in [5, 5.41) is 12.4. The molecule has 5 heteroatoms. The third-order valence-electron chi connectivity index (χ3n) is 3.27. The number of amides is 1. The predicted molar refractivity (Wildman–Crippen MR) is 66.3 cm³/mol. The lowest BCUT2D eigenvalue weighted by Crippen LogP contribution is -2.54. The fraction of sp³-hybridized carbons (Fsp3) is 0.538. The molecule has 1 amide bonds. The number of nitrogens with one attached hydrogen (secondary N) is 1. The average molecular weight is 250 g/mol. The van der Waals surface area contributed by atoms with E-state index in [4.69, 9.17) is 4.74 Å². The molecule has 0 aromatic carbocycles. The Morgan fingerprint density at radius 1 is 1.50 bits per heavy atom. The first-order valence-electron chi connectivity index (χ1n) is 6.08. The number of hydrogen-bond donors (Lipinski definition) is 2. The third-order valence-corrected chi connectivity index (χ3v) is 3.27. The van der Waals surface area contributed by atoms with Crippen molar-refractivity contribution >= 4 is 5.91 Å². The molecule has 1 fully saturated rings. The van der Waals surface area contributed by atoms with Gasteiger partial charge in [-0.2, -0.15) is 0 Å². The highest BCUT2D eigenvalue weighted by Gasteiger charge is 2.33. The number of aliphatic hydroxyl groups excluding tert-OH is 1. The van der Waals surface area contributed by atoms with Crippen molar-refractivity contribution in [2.45, 2.75) is 25.3 Å². The maximum Gasteiger partial charge on any atom is 0.253 e. The van der Waals surface area contributed by atoms with Crippen molar-refractivity contribution < 1.29 is 14.6 Å². The van der Waals surface area contributed by atoms with Crippen molar-refractivity contribution in [1.29, 1.82) is 0 Å². The van der Waals surface area contributed by atoms with Gasteiger partial charge in [0.2, 0.25) is 0 Å². The van der Waals surface area contributed by atoms with Crippen molar-refractivity contribution in [2.75, 3.05) is 19.8 Å². The molecule has 0 unspecified atom stereocenters. The van der Waals surface area contributed by atoms with Crippen molar-refractivity contribution in [3.8, 4) is 0 Å². The molecule has 2 rings (SSSR count). The average Bonchev–Trinajstić information content (AvgIpc) is 2.40. The molecule has 1 saturated heterocycles. The molecule has 1 aromatic rings. The number of aliphatic hydroxyl groups is 1. The second-order valence-electron chi connectivity index (χ2n) is 4.76. The highest BCUT2D eigenvalue weighted by molar-refractivity contribution is 5.94. The van der Waals surface area contributed by atoms with Crippen LogP contribution in [0.1, 0.15) is 28.8 Å². The number of pyridine rings is 1. The Labute approximate surface area is 106 Å². The van der Waals surface area contributed by atoms with Gasteiger partial charge in [0.25, 0.3) is 5.91 Å². The minimum atomic E-state index is -0.556. The molecule has 1 aliphatic heterocycles. The maximum absolute atomic E-state index is 12.1. The molecular formula is C13H18N2O3. The van der Waals surface area contributed by atoms with Crippen LogP contribution in [-0.2, 0) is 4.74 Å². The van der Waals surface area contributed by atoms with Gasteiger partial charge in [0.15, 0.2) is 0 Å². The van der Waals surface area contributed by atoms with E-state index in [0.717, 1.165) is 5.56 Å². The molecule has 0 bridgehead atoms. The molecule has 0 aliphatic carbocycles. The summed E-state index contributed by atoms with van der Waals surface area (Å²) in [7, 11) is 0.